The van der Waals surface area contributed by atoms with Crippen LogP contribution in [0.1, 0.15) is 59.0 Å². The second-order valence-electron chi connectivity index (χ2n) is 8.52. The van der Waals surface area contributed by atoms with Gasteiger partial charge in [0.1, 0.15) is 12.5 Å². The number of ether oxygens (including phenoxy) is 1. The van der Waals surface area contributed by atoms with Gasteiger partial charge in [-0.05, 0) is 49.8 Å². The Kier molecular flexibility index (Phi) is 7.54. The van der Waals surface area contributed by atoms with Gasteiger partial charge in [0.15, 0.2) is 0 Å². The largest absolute Gasteiger partial charge is 0.396 e. The predicted octanol–water partition coefficient (Wildman–Crippen LogP) is 4.42. The lowest BCUT2D eigenvalue weighted by Crippen LogP contribution is -2.38. The summed E-state index contributed by atoms with van der Waals surface area (Å²) in [5.41, 5.74) is 3.35. The lowest BCUT2D eigenvalue weighted by Gasteiger charge is -2.43. The van der Waals surface area contributed by atoms with Crippen LogP contribution in [0.3, 0.4) is 0 Å². The predicted molar refractivity (Wildman–Crippen MR) is 118 cm³/mol. The summed E-state index contributed by atoms with van der Waals surface area (Å²) in [7, 11) is 1.92. The first-order chi connectivity index (χ1) is 14.9. The van der Waals surface area contributed by atoms with E-state index in [-0.39, 0.29) is 17.7 Å². The van der Waals surface area contributed by atoms with Crippen LogP contribution < -0.4 is 0 Å². The molecule has 0 amide bonds. The molecule has 166 valence electrons. The van der Waals surface area contributed by atoms with Crippen molar-refractivity contribution in [3.05, 3.63) is 74.8 Å². The fourth-order valence-corrected chi connectivity index (χ4v) is 4.30. The minimum absolute atomic E-state index is 0.00870. The van der Waals surface area contributed by atoms with Crippen molar-refractivity contribution in [1.82, 2.24) is 4.90 Å². The number of aliphatic hydroxyl groups excluding tert-OH is 1. The van der Waals surface area contributed by atoms with Gasteiger partial charge in [-0.1, -0.05) is 36.8 Å². The molecule has 0 saturated heterocycles. The monoisotopic (exact) mass is 426 g/mol. The molecule has 1 aliphatic rings. The molecule has 0 heterocycles. The highest BCUT2D eigenvalue weighted by Gasteiger charge is 2.38. The molecule has 0 radical (unpaired) electrons. The Balaban J connectivity index is 1.86. The maximum absolute atomic E-state index is 11.8. The molecule has 1 atom stereocenters. The molecule has 1 aliphatic carbocycles. The van der Waals surface area contributed by atoms with E-state index < -0.39 is 11.2 Å². The summed E-state index contributed by atoms with van der Waals surface area (Å²) in [6.45, 7) is 3.11. The van der Waals surface area contributed by atoms with E-state index in [1.54, 1.807) is 18.2 Å². The highest BCUT2D eigenvalue weighted by atomic mass is 16.6. The Morgan fingerprint density at radius 3 is 2.52 bits per heavy atom. The summed E-state index contributed by atoms with van der Waals surface area (Å²) >= 11 is 0. The Morgan fingerprint density at radius 2 is 1.97 bits per heavy atom. The summed E-state index contributed by atoms with van der Waals surface area (Å²) in [6.07, 6.45) is 4.30. The van der Waals surface area contributed by atoms with Gasteiger partial charge >= 0.3 is 0 Å². The Hall–Kier alpha value is -2.61. The van der Waals surface area contributed by atoms with E-state index in [4.69, 9.17) is 4.74 Å². The molecule has 7 heteroatoms. The molecule has 0 spiro atoms. The van der Waals surface area contributed by atoms with E-state index in [0.29, 0.717) is 25.1 Å². The van der Waals surface area contributed by atoms with Gasteiger partial charge in [0.2, 0.25) is 0 Å². The van der Waals surface area contributed by atoms with Gasteiger partial charge in [0, 0.05) is 36.4 Å². The van der Waals surface area contributed by atoms with Crippen LogP contribution in [-0.4, -0.2) is 41.5 Å². The number of nitrogens with zero attached hydrogens (tertiary/aromatic N) is 2. The number of nitro benzene ring substituents is 1. The van der Waals surface area contributed by atoms with E-state index in [2.05, 4.69) is 0 Å². The molecular weight excluding hydrogens is 396 g/mol. The van der Waals surface area contributed by atoms with Crippen LogP contribution in [0.15, 0.2) is 42.5 Å². The molecule has 31 heavy (non-hydrogen) atoms. The average molecular weight is 427 g/mol. The zero-order valence-electron chi connectivity index (χ0n) is 18.1. The third-order valence-corrected chi connectivity index (χ3v) is 6.31. The lowest BCUT2D eigenvalue weighted by atomic mass is 9.67. The van der Waals surface area contributed by atoms with E-state index in [1.807, 2.05) is 31.0 Å². The zero-order chi connectivity index (χ0) is 22.4. The van der Waals surface area contributed by atoms with Crippen molar-refractivity contribution in [1.29, 1.82) is 0 Å². The first kappa shape index (κ1) is 23.1. The summed E-state index contributed by atoms with van der Waals surface area (Å²) < 4.78 is 6.46. The molecule has 1 fully saturated rings. The zero-order valence-corrected chi connectivity index (χ0v) is 18.1. The molecule has 1 unspecified atom stereocenters. The molecule has 3 rings (SSSR count). The number of hydrogen-bond donors (Lipinski definition) is 1. The maximum atomic E-state index is 11.8. The van der Waals surface area contributed by atoms with Crippen LogP contribution in [0.4, 0.5) is 5.69 Å². The number of aliphatic hydroxyl groups is 1. The fourth-order valence-electron chi connectivity index (χ4n) is 4.30. The normalized spacial score (nSPS) is 16.0. The van der Waals surface area contributed by atoms with Gasteiger partial charge in [-0.15, -0.1) is 0 Å². The summed E-state index contributed by atoms with van der Waals surface area (Å²) in [4.78, 5) is 24.3. The van der Waals surface area contributed by atoms with E-state index >= 15 is 0 Å². The quantitative estimate of drug-likeness (QED) is 0.248. The summed E-state index contributed by atoms with van der Waals surface area (Å²) in [5, 5.41) is 20.4. The minimum Gasteiger partial charge on any atom is -0.396 e. The molecule has 0 bridgehead atoms. The summed E-state index contributed by atoms with van der Waals surface area (Å²) in [6, 6.07) is 12.1. The highest BCUT2D eigenvalue weighted by molar-refractivity contribution is 5.78. The molecule has 7 nitrogen and oxygen atoms in total. The van der Waals surface area contributed by atoms with Gasteiger partial charge in [0.05, 0.1) is 11.5 Å². The second kappa shape index (κ2) is 10.1. The number of carbonyl (C=O) groups is 1. The molecular formula is C24H30N2O5. The molecule has 1 N–H and O–H groups in total. The number of benzene rings is 2. The first-order valence-corrected chi connectivity index (χ1v) is 10.6. The van der Waals surface area contributed by atoms with Crippen molar-refractivity contribution >= 4 is 12.0 Å². The fraction of sp³-hybridized carbons (Fsp3) is 0.458. The van der Waals surface area contributed by atoms with Gasteiger partial charge in [-0.25, -0.2) is 0 Å². The smallest absolute Gasteiger partial charge is 0.269 e. The van der Waals surface area contributed by atoms with Crippen LogP contribution in [-0.2, 0) is 11.3 Å². The van der Waals surface area contributed by atoms with Crippen molar-refractivity contribution < 1.29 is 19.6 Å². The van der Waals surface area contributed by atoms with Crippen molar-refractivity contribution in [2.24, 2.45) is 5.41 Å². The Morgan fingerprint density at radius 1 is 1.26 bits per heavy atom. The SMILES string of the molecule is Cc1cccc(C=O)c1C(OCC1(CCO)CCC1)N(C)Cc1ccc([N+](=O)[O-])cc1. The number of rotatable bonds is 11. The number of hydrogen-bond acceptors (Lipinski definition) is 6. The first-order valence-electron chi connectivity index (χ1n) is 10.6. The number of carbonyl (C=O) groups excluding carboxylic acids is 1. The Labute approximate surface area is 182 Å². The maximum Gasteiger partial charge on any atom is 0.269 e. The minimum atomic E-state index is -0.451. The van der Waals surface area contributed by atoms with Crippen molar-refractivity contribution in [2.45, 2.75) is 45.4 Å². The number of non-ortho nitro benzene ring substituents is 1. The van der Waals surface area contributed by atoms with Gasteiger partial charge in [-0.2, -0.15) is 0 Å². The van der Waals surface area contributed by atoms with Gasteiger partial charge < -0.3 is 9.84 Å². The van der Waals surface area contributed by atoms with Crippen molar-refractivity contribution in [3.8, 4) is 0 Å². The molecule has 0 aromatic heterocycles. The average Bonchev–Trinajstić information content (AvgIpc) is 2.73. The molecule has 2 aromatic carbocycles. The van der Waals surface area contributed by atoms with Crippen LogP contribution in [0, 0.1) is 22.5 Å². The number of aryl methyl sites for hydroxylation is 1. The van der Waals surface area contributed by atoms with E-state index in [0.717, 1.165) is 42.2 Å². The van der Waals surface area contributed by atoms with Crippen molar-refractivity contribution in [2.75, 3.05) is 20.3 Å². The standard InChI is InChI=1S/C24H30N2O5/c1-18-5-3-6-20(16-28)22(18)23(31-17-24(13-14-27)11-4-12-24)25(2)15-19-7-9-21(10-8-19)26(29)30/h3,5-10,16,23,27H,4,11-15,17H2,1-2H3. The molecule has 2 aromatic rings. The van der Waals surface area contributed by atoms with Crippen LogP contribution in [0.5, 0.6) is 0 Å². The lowest BCUT2D eigenvalue weighted by molar-refractivity contribution is -0.384. The van der Waals surface area contributed by atoms with Crippen LogP contribution in [0.25, 0.3) is 0 Å². The Bertz CT molecular complexity index is 909. The molecule has 0 aliphatic heterocycles. The summed E-state index contributed by atoms with van der Waals surface area (Å²) in [5.74, 6) is 0. The van der Waals surface area contributed by atoms with Crippen LogP contribution in [0.2, 0.25) is 0 Å². The topological polar surface area (TPSA) is 92.9 Å². The molecule has 1 saturated carbocycles. The van der Waals surface area contributed by atoms with Gasteiger partial charge in [-0.3, -0.25) is 19.8 Å². The third kappa shape index (κ3) is 5.36. The van der Waals surface area contributed by atoms with E-state index in [9.17, 15) is 20.0 Å². The third-order valence-electron chi connectivity index (χ3n) is 6.31. The van der Waals surface area contributed by atoms with Gasteiger partial charge in [0.25, 0.3) is 5.69 Å². The van der Waals surface area contributed by atoms with E-state index in [1.165, 1.54) is 12.1 Å². The highest BCUT2D eigenvalue weighted by Crippen LogP contribution is 2.45. The van der Waals surface area contributed by atoms with Crippen LogP contribution >= 0.6 is 0 Å². The number of nitro groups is 1. The van der Waals surface area contributed by atoms with Crippen molar-refractivity contribution in [3.63, 3.8) is 0 Å². The number of aldehydes is 1. The second-order valence-corrected chi connectivity index (χ2v) is 8.52.